The predicted molar refractivity (Wildman–Crippen MR) is 61.8 cm³/mol. The Hall–Kier alpha value is -2.18. The highest BCUT2D eigenvalue weighted by Gasteiger charge is 2.05. The molecule has 0 saturated carbocycles. The summed E-state index contributed by atoms with van der Waals surface area (Å²) >= 11 is 0. The van der Waals surface area contributed by atoms with Crippen molar-refractivity contribution in [1.82, 2.24) is 19.5 Å². The van der Waals surface area contributed by atoms with E-state index >= 15 is 0 Å². The van der Waals surface area contributed by atoms with Crippen molar-refractivity contribution in [2.45, 2.75) is 6.42 Å². The molecule has 0 aliphatic carbocycles. The van der Waals surface area contributed by atoms with Gasteiger partial charge in [0.2, 0.25) is 5.95 Å². The molecule has 2 aromatic rings. The largest absolute Gasteiger partial charge is 0.368 e. The topological polar surface area (TPSA) is 81.7 Å². The SMILES string of the molecule is Cn1ccnc1CCNc1nc(N)ncc1F. The van der Waals surface area contributed by atoms with E-state index in [9.17, 15) is 4.39 Å². The van der Waals surface area contributed by atoms with Crippen LogP contribution in [0.15, 0.2) is 18.6 Å². The fourth-order valence-electron chi connectivity index (χ4n) is 1.43. The zero-order valence-electron chi connectivity index (χ0n) is 9.39. The van der Waals surface area contributed by atoms with Crippen molar-refractivity contribution in [3.05, 3.63) is 30.2 Å². The first-order valence-electron chi connectivity index (χ1n) is 5.15. The fraction of sp³-hybridized carbons (Fsp3) is 0.300. The number of nitrogens with zero attached hydrogens (tertiary/aromatic N) is 4. The number of nitrogens with one attached hydrogen (secondary N) is 1. The summed E-state index contributed by atoms with van der Waals surface area (Å²) in [5.74, 6) is 0.566. The second-order valence-corrected chi connectivity index (χ2v) is 3.56. The van der Waals surface area contributed by atoms with Gasteiger partial charge in [-0.3, -0.25) is 0 Å². The number of nitrogen functional groups attached to an aromatic ring is 1. The highest BCUT2D eigenvalue weighted by atomic mass is 19.1. The molecule has 0 saturated heterocycles. The van der Waals surface area contributed by atoms with Gasteiger partial charge in [0.25, 0.3) is 0 Å². The summed E-state index contributed by atoms with van der Waals surface area (Å²) in [6, 6.07) is 0. The van der Waals surface area contributed by atoms with E-state index in [4.69, 9.17) is 5.73 Å². The molecule has 0 atom stereocenters. The smallest absolute Gasteiger partial charge is 0.222 e. The minimum Gasteiger partial charge on any atom is -0.368 e. The van der Waals surface area contributed by atoms with Gasteiger partial charge < -0.3 is 15.6 Å². The normalized spacial score (nSPS) is 10.5. The van der Waals surface area contributed by atoms with Gasteiger partial charge in [-0.25, -0.2) is 14.4 Å². The first-order valence-corrected chi connectivity index (χ1v) is 5.15. The zero-order chi connectivity index (χ0) is 12.3. The van der Waals surface area contributed by atoms with Crippen LogP contribution in [-0.4, -0.2) is 26.1 Å². The second kappa shape index (κ2) is 4.77. The van der Waals surface area contributed by atoms with E-state index in [2.05, 4.69) is 20.3 Å². The maximum absolute atomic E-state index is 13.3. The van der Waals surface area contributed by atoms with Gasteiger partial charge in [-0.1, -0.05) is 0 Å². The van der Waals surface area contributed by atoms with E-state index < -0.39 is 5.82 Å². The first-order chi connectivity index (χ1) is 8.16. The van der Waals surface area contributed by atoms with E-state index in [-0.39, 0.29) is 11.8 Å². The molecule has 17 heavy (non-hydrogen) atoms. The van der Waals surface area contributed by atoms with Gasteiger partial charge in [-0.15, -0.1) is 0 Å². The maximum Gasteiger partial charge on any atom is 0.222 e. The van der Waals surface area contributed by atoms with E-state index in [1.54, 1.807) is 6.20 Å². The second-order valence-electron chi connectivity index (χ2n) is 3.56. The van der Waals surface area contributed by atoms with Crippen LogP contribution in [-0.2, 0) is 13.5 Å². The lowest BCUT2D eigenvalue weighted by Gasteiger charge is -2.06. The number of halogens is 1. The summed E-state index contributed by atoms with van der Waals surface area (Å²) < 4.78 is 15.2. The molecule has 2 rings (SSSR count). The summed E-state index contributed by atoms with van der Waals surface area (Å²) in [5.41, 5.74) is 5.37. The van der Waals surface area contributed by atoms with Crippen molar-refractivity contribution < 1.29 is 4.39 Å². The Labute approximate surface area is 97.7 Å². The average Bonchev–Trinajstić information content (AvgIpc) is 2.70. The van der Waals surface area contributed by atoms with E-state index in [1.165, 1.54) is 0 Å². The number of hydrogen-bond acceptors (Lipinski definition) is 5. The summed E-state index contributed by atoms with van der Waals surface area (Å²) in [5, 5.41) is 2.86. The van der Waals surface area contributed by atoms with Crippen LogP contribution in [0.3, 0.4) is 0 Å². The van der Waals surface area contributed by atoms with E-state index in [0.29, 0.717) is 13.0 Å². The molecule has 3 N–H and O–H groups in total. The fourth-order valence-corrected chi connectivity index (χ4v) is 1.43. The number of anilines is 2. The maximum atomic E-state index is 13.3. The van der Waals surface area contributed by atoms with Gasteiger partial charge in [0, 0.05) is 32.4 Å². The number of aromatic nitrogens is 4. The molecule has 90 valence electrons. The molecule has 0 radical (unpaired) electrons. The monoisotopic (exact) mass is 236 g/mol. The van der Waals surface area contributed by atoms with Crippen molar-refractivity contribution in [3.63, 3.8) is 0 Å². The molecule has 0 fully saturated rings. The summed E-state index contributed by atoms with van der Waals surface area (Å²) in [6.07, 6.45) is 5.30. The van der Waals surface area contributed by atoms with E-state index in [0.717, 1.165) is 12.0 Å². The highest BCUT2D eigenvalue weighted by molar-refractivity contribution is 5.39. The third-order valence-electron chi connectivity index (χ3n) is 2.32. The minimum absolute atomic E-state index is 0.0471. The lowest BCUT2D eigenvalue weighted by atomic mass is 10.4. The molecule has 0 aromatic carbocycles. The number of rotatable bonds is 4. The van der Waals surface area contributed by atoms with Crippen LogP contribution in [0.25, 0.3) is 0 Å². The van der Waals surface area contributed by atoms with Gasteiger partial charge >= 0.3 is 0 Å². The summed E-state index contributed by atoms with van der Waals surface area (Å²) in [7, 11) is 1.91. The van der Waals surface area contributed by atoms with Crippen LogP contribution < -0.4 is 11.1 Å². The highest BCUT2D eigenvalue weighted by Crippen LogP contribution is 2.09. The van der Waals surface area contributed by atoms with Crippen LogP contribution >= 0.6 is 0 Å². The Morgan fingerprint density at radius 1 is 1.47 bits per heavy atom. The molecule has 2 aromatic heterocycles. The lowest BCUT2D eigenvalue weighted by Crippen LogP contribution is -2.11. The summed E-state index contributed by atoms with van der Waals surface area (Å²) in [6.45, 7) is 0.526. The number of nitrogens with two attached hydrogens (primary N) is 1. The van der Waals surface area contributed by atoms with Crippen molar-refractivity contribution in [2.24, 2.45) is 7.05 Å². The van der Waals surface area contributed by atoms with Crippen molar-refractivity contribution in [1.29, 1.82) is 0 Å². The van der Waals surface area contributed by atoms with Crippen LogP contribution in [0.5, 0.6) is 0 Å². The molecule has 7 heteroatoms. The van der Waals surface area contributed by atoms with E-state index in [1.807, 2.05) is 17.8 Å². The Kier molecular flexibility index (Phi) is 3.17. The van der Waals surface area contributed by atoms with Gasteiger partial charge in [0.1, 0.15) is 5.82 Å². The van der Waals surface area contributed by atoms with Gasteiger partial charge in [0.15, 0.2) is 11.6 Å². The number of imidazole rings is 1. The standard InChI is InChI=1S/C10H13FN6/c1-17-5-4-13-8(17)2-3-14-9-7(11)6-15-10(12)16-9/h4-6H,2-3H2,1H3,(H3,12,14,15,16). The molecule has 6 nitrogen and oxygen atoms in total. The molecule has 2 heterocycles. The predicted octanol–water partition coefficient (Wildman–Crippen LogP) is 0.586. The quantitative estimate of drug-likeness (QED) is 0.811. The number of aryl methyl sites for hydroxylation is 1. The molecule has 0 aliphatic rings. The minimum atomic E-state index is -0.515. The number of hydrogen-bond donors (Lipinski definition) is 2. The van der Waals surface area contributed by atoms with Crippen LogP contribution in [0.2, 0.25) is 0 Å². The molecule has 0 bridgehead atoms. The Morgan fingerprint density at radius 2 is 2.29 bits per heavy atom. The molecule has 0 spiro atoms. The molecule has 0 amide bonds. The van der Waals surface area contributed by atoms with Crippen molar-refractivity contribution >= 4 is 11.8 Å². The molecular formula is C10H13FN6. The van der Waals surface area contributed by atoms with Crippen LogP contribution in [0.4, 0.5) is 16.2 Å². The molecule has 0 unspecified atom stereocenters. The lowest BCUT2D eigenvalue weighted by molar-refractivity contribution is 0.617. The Bertz CT molecular complexity index is 509. The Balaban J connectivity index is 1.94. The van der Waals surface area contributed by atoms with Crippen LogP contribution in [0, 0.1) is 5.82 Å². The van der Waals surface area contributed by atoms with Crippen LogP contribution in [0.1, 0.15) is 5.82 Å². The zero-order valence-corrected chi connectivity index (χ0v) is 9.39. The summed E-state index contributed by atoms with van der Waals surface area (Å²) in [4.78, 5) is 11.5. The Morgan fingerprint density at radius 3 is 3.00 bits per heavy atom. The van der Waals surface area contributed by atoms with Crippen molar-refractivity contribution in [3.8, 4) is 0 Å². The van der Waals surface area contributed by atoms with Gasteiger partial charge in [-0.05, 0) is 0 Å². The van der Waals surface area contributed by atoms with Crippen molar-refractivity contribution in [2.75, 3.05) is 17.6 Å². The third-order valence-corrected chi connectivity index (χ3v) is 2.32. The molecular weight excluding hydrogens is 223 g/mol. The average molecular weight is 236 g/mol. The van der Waals surface area contributed by atoms with Gasteiger partial charge in [-0.2, -0.15) is 4.98 Å². The first kappa shape index (κ1) is 11.3. The third kappa shape index (κ3) is 2.68. The van der Waals surface area contributed by atoms with Gasteiger partial charge in [0.05, 0.1) is 6.20 Å². The molecule has 0 aliphatic heterocycles.